The number of hydrogen-bond acceptors (Lipinski definition) is 5. The minimum Gasteiger partial charge on any atom is -0.486 e. The van der Waals surface area contributed by atoms with E-state index in [1.807, 2.05) is 0 Å². The highest BCUT2D eigenvalue weighted by Gasteiger charge is 2.29. The number of nitrogens with one attached hydrogen (secondary N) is 1. The van der Waals surface area contributed by atoms with Gasteiger partial charge in [0.2, 0.25) is 5.91 Å². The van der Waals surface area contributed by atoms with E-state index in [4.69, 9.17) is 9.47 Å². The van der Waals surface area contributed by atoms with Gasteiger partial charge < -0.3 is 14.8 Å². The van der Waals surface area contributed by atoms with E-state index in [1.54, 1.807) is 12.1 Å². The maximum Gasteiger partial charge on any atom is 0.225 e. The monoisotopic (exact) mass is 417 g/mol. The molecule has 1 heterocycles. The van der Waals surface area contributed by atoms with Gasteiger partial charge in [-0.2, -0.15) is 0 Å². The highest BCUT2D eigenvalue weighted by Crippen LogP contribution is 2.38. The number of hydrogen-bond donors (Lipinski definition) is 1. The number of sulfone groups is 1. The van der Waals surface area contributed by atoms with E-state index in [1.165, 1.54) is 0 Å². The Morgan fingerprint density at radius 3 is 2.46 bits per heavy atom. The summed E-state index contributed by atoms with van der Waals surface area (Å²) in [7, 11) is -3.19. The first-order valence-electron chi connectivity index (χ1n) is 8.06. The van der Waals surface area contributed by atoms with Crippen LogP contribution in [0.2, 0.25) is 0 Å². The molecule has 1 aromatic rings. The second-order valence-electron chi connectivity index (χ2n) is 6.05. The average Bonchev–Trinajstić information content (AvgIpc) is 3.09. The van der Waals surface area contributed by atoms with Crippen LogP contribution in [0.15, 0.2) is 16.6 Å². The second kappa shape index (κ2) is 7.31. The second-order valence-corrected chi connectivity index (χ2v) is 9.30. The van der Waals surface area contributed by atoms with Gasteiger partial charge in [0.1, 0.15) is 13.2 Å². The summed E-state index contributed by atoms with van der Waals surface area (Å²) in [6.07, 6.45) is 3.31. The molecule has 0 spiro atoms. The zero-order chi connectivity index (χ0) is 17.2. The maximum absolute atomic E-state index is 12.2. The Labute approximate surface area is 150 Å². The predicted octanol–water partition coefficient (Wildman–Crippen LogP) is 2.91. The van der Waals surface area contributed by atoms with Crippen LogP contribution in [0, 0.1) is 0 Å². The van der Waals surface area contributed by atoms with Crippen molar-refractivity contribution in [3.8, 4) is 11.5 Å². The largest absolute Gasteiger partial charge is 0.486 e. The third-order valence-corrected chi connectivity index (χ3v) is 7.25. The molecule has 1 fully saturated rings. The highest BCUT2D eigenvalue weighted by molar-refractivity contribution is 9.10. The molecule has 1 N–H and O–H groups in total. The van der Waals surface area contributed by atoms with Crippen LogP contribution in [0.3, 0.4) is 0 Å². The molecule has 0 bridgehead atoms. The molecule has 1 aliphatic heterocycles. The van der Waals surface area contributed by atoms with Gasteiger partial charge >= 0.3 is 0 Å². The quantitative estimate of drug-likeness (QED) is 0.796. The zero-order valence-corrected chi connectivity index (χ0v) is 15.6. The van der Waals surface area contributed by atoms with E-state index < -0.39 is 9.84 Å². The number of fused-ring (bicyclic) bond motifs is 1. The molecule has 1 saturated carbocycles. The van der Waals surface area contributed by atoms with Gasteiger partial charge in [0, 0.05) is 23.0 Å². The van der Waals surface area contributed by atoms with Crippen LogP contribution in [0.4, 0.5) is 5.69 Å². The number of halogens is 1. The fourth-order valence-corrected chi connectivity index (χ4v) is 5.30. The summed E-state index contributed by atoms with van der Waals surface area (Å²) in [6.45, 7) is 0.950. The number of carbonyl (C=O) groups is 1. The van der Waals surface area contributed by atoms with E-state index >= 15 is 0 Å². The van der Waals surface area contributed by atoms with Crippen molar-refractivity contribution in [1.82, 2.24) is 0 Å². The molecule has 0 unspecified atom stereocenters. The lowest BCUT2D eigenvalue weighted by Crippen LogP contribution is -2.24. The van der Waals surface area contributed by atoms with Crippen LogP contribution >= 0.6 is 15.9 Å². The number of carbonyl (C=O) groups excluding carboxylic acids is 1. The third-order valence-electron chi connectivity index (χ3n) is 4.33. The van der Waals surface area contributed by atoms with Crippen LogP contribution in [0.1, 0.15) is 32.1 Å². The molecule has 0 saturated heterocycles. The van der Waals surface area contributed by atoms with Crippen LogP contribution in [-0.4, -0.2) is 38.5 Å². The summed E-state index contributed by atoms with van der Waals surface area (Å²) < 4.78 is 36.1. The highest BCUT2D eigenvalue weighted by atomic mass is 79.9. The Balaban J connectivity index is 1.60. The Hall–Kier alpha value is -1.28. The van der Waals surface area contributed by atoms with E-state index in [-0.39, 0.29) is 23.3 Å². The Kier molecular flexibility index (Phi) is 5.34. The van der Waals surface area contributed by atoms with Gasteiger partial charge in [0.05, 0.1) is 16.7 Å². The number of benzene rings is 1. The maximum atomic E-state index is 12.2. The molecule has 1 aliphatic carbocycles. The zero-order valence-electron chi connectivity index (χ0n) is 13.2. The van der Waals surface area contributed by atoms with Crippen LogP contribution in [-0.2, 0) is 14.6 Å². The van der Waals surface area contributed by atoms with Crippen molar-refractivity contribution >= 4 is 37.4 Å². The Bertz CT molecular complexity index is 728. The van der Waals surface area contributed by atoms with Gasteiger partial charge in [-0.1, -0.05) is 12.8 Å². The summed E-state index contributed by atoms with van der Waals surface area (Å²) in [5.74, 6) is 0.758. The normalized spacial score (nSPS) is 17.7. The lowest BCUT2D eigenvalue weighted by Gasteiger charge is -2.20. The molecule has 2 aliphatic rings. The molecule has 0 atom stereocenters. The molecule has 8 heteroatoms. The van der Waals surface area contributed by atoms with Crippen molar-refractivity contribution in [1.29, 1.82) is 0 Å². The van der Waals surface area contributed by atoms with Crippen molar-refractivity contribution in [2.75, 3.05) is 24.3 Å². The van der Waals surface area contributed by atoms with Gasteiger partial charge in [-0.25, -0.2) is 8.42 Å². The Morgan fingerprint density at radius 1 is 1.17 bits per heavy atom. The molecule has 6 nitrogen and oxygen atoms in total. The Morgan fingerprint density at radius 2 is 1.79 bits per heavy atom. The first-order valence-corrected chi connectivity index (χ1v) is 10.6. The molecular formula is C16H20BrNO5S. The molecular weight excluding hydrogens is 398 g/mol. The molecule has 0 radical (unpaired) electrons. The molecule has 132 valence electrons. The van der Waals surface area contributed by atoms with E-state index in [0.717, 1.165) is 25.7 Å². The molecule has 3 rings (SSSR count). The summed E-state index contributed by atoms with van der Waals surface area (Å²) in [4.78, 5) is 12.1. The number of ether oxygens (including phenoxy) is 2. The smallest absolute Gasteiger partial charge is 0.225 e. The van der Waals surface area contributed by atoms with Gasteiger partial charge in [0.25, 0.3) is 0 Å². The summed E-state index contributed by atoms with van der Waals surface area (Å²) in [6, 6.07) is 3.42. The topological polar surface area (TPSA) is 81.7 Å². The SMILES string of the molecule is O=C(CCS(=O)(=O)C1CCCC1)Nc1cc2c(cc1Br)OCCO2. The van der Waals surface area contributed by atoms with Crippen LogP contribution in [0.5, 0.6) is 11.5 Å². The first-order chi connectivity index (χ1) is 11.5. The third kappa shape index (κ3) is 4.03. The number of rotatable bonds is 5. The van der Waals surface area contributed by atoms with Crippen LogP contribution in [0.25, 0.3) is 0 Å². The van der Waals surface area contributed by atoms with Gasteiger partial charge in [-0.15, -0.1) is 0 Å². The van der Waals surface area contributed by atoms with Crippen LogP contribution < -0.4 is 14.8 Å². The molecule has 24 heavy (non-hydrogen) atoms. The van der Waals surface area contributed by atoms with Crippen molar-refractivity contribution in [3.63, 3.8) is 0 Å². The first kappa shape index (κ1) is 17.5. The molecule has 0 aromatic heterocycles. The lowest BCUT2D eigenvalue weighted by molar-refractivity contribution is -0.115. The minimum absolute atomic E-state index is 0.0419. The lowest BCUT2D eigenvalue weighted by atomic mass is 10.2. The van der Waals surface area contributed by atoms with Crippen molar-refractivity contribution in [2.24, 2.45) is 0 Å². The fourth-order valence-electron chi connectivity index (χ4n) is 3.02. The fraction of sp³-hybridized carbons (Fsp3) is 0.562. The average molecular weight is 418 g/mol. The number of amides is 1. The van der Waals surface area contributed by atoms with Crippen molar-refractivity contribution < 1.29 is 22.7 Å². The summed E-state index contributed by atoms with van der Waals surface area (Å²) in [5, 5.41) is 2.47. The van der Waals surface area contributed by atoms with Gasteiger partial charge in [-0.3, -0.25) is 4.79 Å². The predicted molar refractivity (Wildman–Crippen MR) is 94.4 cm³/mol. The summed E-state index contributed by atoms with van der Waals surface area (Å²) >= 11 is 3.38. The van der Waals surface area contributed by atoms with E-state index in [2.05, 4.69) is 21.2 Å². The van der Waals surface area contributed by atoms with Gasteiger partial charge in [0.15, 0.2) is 21.3 Å². The number of anilines is 1. The molecule has 1 aromatic carbocycles. The minimum atomic E-state index is -3.19. The summed E-state index contributed by atoms with van der Waals surface area (Å²) in [5.41, 5.74) is 0.544. The van der Waals surface area contributed by atoms with E-state index in [9.17, 15) is 13.2 Å². The van der Waals surface area contributed by atoms with E-state index in [0.29, 0.717) is 34.9 Å². The van der Waals surface area contributed by atoms with Crippen molar-refractivity contribution in [2.45, 2.75) is 37.4 Å². The van der Waals surface area contributed by atoms with Gasteiger partial charge in [-0.05, 0) is 28.8 Å². The standard InChI is InChI=1S/C16H20BrNO5S/c17-12-9-14-15(23-7-6-22-14)10-13(12)18-16(19)5-8-24(20,21)11-3-1-2-4-11/h9-11H,1-8H2,(H,18,19). The van der Waals surface area contributed by atoms with Crippen molar-refractivity contribution in [3.05, 3.63) is 16.6 Å². The molecule has 1 amide bonds.